The summed E-state index contributed by atoms with van der Waals surface area (Å²) in [4.78, 5) is 57.0. The number of β-lactam (4-membered cyclic amide) rings is 1. The molecule has 1 aromatic heterocycles. The fraction of sp³-hybridized carbons (Fsp3) is 0.550. The van der Waals surface area contributed by atoms with Crippen molar-refractivity contribution in [2.45, 2.75) is 31.2 Å². The third-order valence-corrected chi connectivity index (χ3v) is 8.52. The molecular weight excluding hydrogens is 470 g/mol. The molecule has 178 valence electrons. The lowest BCUT2D eigenvalue weighted by atomic mass is 9.79. The number of hydrogen-bond donors (Lipinski definition) is 2. The fourth-order valence-electron chi connectivity index (χ4n) is 4.53. The second-order valence-corrected chi connectivity index (χ2v) is 10.7. The minimum absolute atomic E-state index is 0.0798. The van der Waals surface area contributed by atoms with E-state index in [9.17, 15) is 29.4 Å². The molecule has 2 saturated heterocycles. The van der Waals surface area contributed by atoms with Crippen LogP contribution in [-0.2, 0) is 14.4 Å². The molecule has 3 N–H and O–H groups in total. The highest BCUT2D eigenvalue weighted by Crippen LogP contribution is 2.52. The van der Waals surface area contributed by atoms with E-state index >= 15 is 0 Å². The molecule has 4 heterocycles. The predicted molar refractivity (Wildman–Crippen MR) is 119 cm³/mol. The van der Waals surface area contributed by atoms with Gasteiger partial charge in [0.25, 0.3) is 5.91 Å². The molecule has 11 nitrogen and oxygen atoms in total. The van der Waals surface area contributed by atoms with Crippen LogP contribution < -0.4 is 15.7 Å². The number of nitrogens with zero attached hydrogens (tertiary/aromatic N) is 4. The molecule has 0 aromatic carbocycles. The van der Waals surface area contributed by atoms with E-state index in [0.717, 1.165) is 0 Å². The van der Waals surface area contributed by atoms with Gasteiger partial charge in [0.05, 0.1) is 36.3 Å². The average molecular weight is 495 g/mol. The highest BCUT2D eigenvalue weighted by Gasteiger charge is 2.59. The first-order chi connectivity index (χ1) is 15.5. The number of carboxylic acid groups (broad SMARTS) is 1. The second kappa shape index (κ2) is 8.61. The molecule has 3 aliphatic heterocycles. The van der Waals surface area contributed by atoms with Crippen molar-refractivity contribution in [1.82, 2.24) is 14.8 Å². The highest BCUT2D eigenvalue weighted by molar-refractivity contribution is 8.03. The molecule has 4 atom stereocenters. The van der Waals surface area contributed by atoms with Gasteiger partial charge in [-0.1, -0.05) is 6.92 Å². The van der Waals surface area contributed by atoms with Crippen LogP contribution in [0, 0.1) is 11.8 Å². The number of aliphatic hydroxyl groups excluding tert-OH is 1. The van der Waals surface area contributed by atoms with Crippen molar-refractivity contribution in [3.05, 3.63) is 21.7 Å². The van der Waals surface area contributed by atoms with Crippen molar-refractivity contribution in [2.24, 2.45) is 17.6 Å². The molecule has 1 aromatic rings. The largest absolute Gasteiger partial charge is 0.543 e. The van der Waals surface area contributed by atoms with Gasteiger partial charge < -0.3 is 35.4 Å². The molecule has 0 unspecified atom stereocenters. The van der Waals surface area contributed by atoms with Gasteiger partial charge >= 0.3 is 0 Å². The van der Waals surface area contributed by atoms with Crippen LogP contribution in [0.25, 0.3) is 0 Å². The zero-order valence-electron chi connectivity index (χ0n) is 18.3. The lowest BCUT2D eigenvalue weighted by Gasteiger charge is -2.47. The number of anilines is 1. The maximum absolute atomic E-state index is 12.4. The lowest BCUT2D eigenvalue weighted by molar-refractivity contribution is -0.301. The molecule has 0 bridgehead atoms. The number of fused-ring (bicyclic) bond motifs is 1. The number of aliphatic carboxylic acids is 1. The molecule has 0 spiro atoms. The Balaban J connectivity index is 1.40. The predicted octanol–water partition coefficient (Wildman–Crippen LogP) is -1.56. The van der Waals surface area contributed by atoms with Gasteiger partial charge in [0, 0.05) is 41.6 Å². The topological polar surface area (TPSA) is 160 Å². The molecule has 0 saturated carbocycles. The van der Waals surface area contributed by atoms with E-state index in [0.29, 0.717) is 23.1 Å². The Hall–Kier alpha value is -2.64. The first-order valence-corrected chi connectivity index (χ1v) is 12.1. The van der Waals surface area contributed by atoms with Crippen LogP contribution in [0.3, 0.4) is 0 Å². The molecule has 0 aliphatic carbocycles. The van der Waals surface area contributed by atoms with Crippen LogP contribution >= 0.6 is 23.1 Å². The number of carboxylic acids is 1. The molecule has 3 aliphatic rings. The number of hydrogen-bond acceptors (Lipinski definition) is 10. The Morgan fingerprint density at radius 1 is 1.42 bits per heavy atom. The molecule has 33 heavy (non-hydrogen) atoms. The highest BCUT2D eigenvalue weighted by atomic mass is 32.2. The Labute approximate surface area is 198 Å². The number of carbonyl (C=O) groups excluding carboxylic acids is 4. The van der Waals surface area contributed by atoms with Crippen LogP contribution in [0.2, 0.25) is 0 Å². The van der Waals surface area contributed by atoms with E-state index in [2.05, 4.69) is 4.98 Å². The summed E-state index contributed by atoms with van der Waals surface area (Å²) in [7, 11) is 1.48. The SMILES string of the molecule is C[C@@H](O)[C@H]1C(=O)N2C(C(=O)[O-])=C(SC3CN(c4nc(C(=O)N(C)CC(N)=O)cs4)C3)[C@H](C)[C@H]12. The van der Waals surface area contributed by atoms with Crippen molar-refractivity contribution in [1.29, 1.82) is 0 Å². The van der Waals surface area contributed by atoms with E-state index in [4.69, 9.17) is 5.73 Å². The minimum atomic E-state index is -1.39. The summed E-state index contributed by atoms with van der Waals surface area (Å²) in [5, 5.41) is 24.1. The number of carbonyl (C=O) groups is 4. The zero-order chi connectivity index (χ0) is 24.2. The third kappa shape index (κ3) is 3.97. The van der Waals surface area contributed by atoms with E-state index < -0.39 is 29.8 Å². The molecule has 0 radical (unpaired) electrons. The minimum Gasteiger partial charge on any atom is -0.543 e. The number of amides is 3. The van der Waals surface area contributed by atoms with Gasteiger partial charge in [-0.15, -0.1) is 23.1 Å². The molecule has 13 heteroatoms. The summed E-state index contributed by atoms with van der Waals surface area (Å²) in [6.07, 6.45) is -0.850. The second-order valence-electron chi connectivity index (χ2n) is 8.54. The van der Waals surface area contributed by atoms with Gasteiger partial charge in [-0.25, -0.2) is 4.98 Å². The number of thiazole rings is 1. The van der Waals surface area contributed by atoms with Crippen molar-refractivity contribution in [3.8, 4) is 0 Å². The van der Waals surface area contributed by atoms with E-state index in [1.165, 1.54) is 39.9 Å². The van der Waals surface area contributed by atoms with Crippen LogP contribution in [0.1, 0.15) is 24.3 Å². The fourth-order valence-corrected chi connectivity index (χ4v) is 6.86. The lowest BCUT2D eigenvalue weighted by Crippen LogP contribution is -2.64. The Kier molecular flexibility index (Phi) is 6.14. The van der Waals surface area contributed by atoms with Crippen LogP contribution in [0.4, 0.5) is 5.13 Å². The standard InChI is InChI=1S/C20H25N5O6S2/c1-8-14-13(9(2)26)18(29)25(14)15(19(30)31)16(8)33-10-4-24(5-10)20-22-11(7-32-20)17(28)23(3)6-12(21)27/h7-10,13-14,26H,4-6H2,1-3H3,(H2,21,27)(H,30,31)/p-1/t8-,9-,13-,14-/m1/s1. The van der Waals surface area contributed by atoms with Crippen molar-refractivity contribution in [2.75, 3.05) is 31.6 Å². The quantitative estimate of drug-likeness (QED) is 0.407. The van der Waals surface area contributed by atoms with Gasteiger partial charge in [-0.3, -0.25) is 14.4 Å². The van der Waals surface area contributed by atoms with E-state index in [-0.39, 0.29) is 41.1 Å². The zero-order valence-corrected chi connectivity index (χ0v) is 19.9. The van der Waals surface area contributed by atoms with Gasteiger partial charge in [0.1, 0.15) is 5.69 Å². The Morgan fingerprint density at radius 2 is 2.09 bits per heavy atom. The first kappa shape index (κ1) is 23.5. The molecule has 2 fully saturated rings. The number of nitrogens with two attached hydrogens (primary N) is 1. The van der Waals surface area contributed by atoms with Crippen molar-refractivity contribution < 1.29 is 29.4 Å². The number of rotatable bonds is 8. The monoisotopic (exact) mass is 494 g/mol. The van der Waals surface area contributed by atoms with Gasteiger partial charge in [-0.2, -0.15) is 0 Å². The number of likely N-dealkylation sites (N-methyl/N-ethyl adjacent to an activating group) is 1. The number of aromatic nitrogens is 1. The maximum atomic E-state index is 12.4. The summed E-state index contributed by atoms with van der Waals surface area (Å²) >= 11 is 2.73. The number of primary amides is 1. The van der Waals surface area contributed by atoms with Crippen LogP contribution in [0.5, 0.6) is 0 Å². The first-order valence-electron chi connectivity index (χ1n) is 10.4. The van der Waals surface area contributed by atoms with Gasteiger partial charge in [-0.05, 0) is 6.92 Å². The summed E-state index contributed by atoms with van der Waals surface area (Å²) in [6.45, 7) is 4.41. The van der Waals surface area contributed by atoms with E-state index in [1.807, 2.05) is 11.8 Å². The Morgan fingerprint density at radius 3 is 2.67 bits per heavy atom. The van der Waals surface area contributed by atoms with Crippen LogP contribution in [-0.4, -0.2) is 87.7 Å². The average Bonchev–Trinajstić information content (AvgIpc) is 3.25. The van der Waals surface area contributed by atoms with Gasteiger partial charge in [0.15, 0.2) is 5.13 Å². The van der Waals surface area contributed by atoms with Crippen molar-refractivity contribution >= 4 is 51.9 Å². The smallest absolute Gasteiger partial charge is 0.273 e. The molecule has 3 amide bonds. The maximum Gasteiger partial charge on any atom is 0.273 e. The number of aliphatic hydroxyl groups is 1. The number of thioether (sulfide) groups is 1. The summed E-state index contributed by atoms with van der Waals surface area (Å²) in [5.41, 5.74) is 5.27. The van der Waals surface area contributed by atoms with Gasteiger partial charge in [0.2, 0.25) is 11.8 Å². The third-order valence-electron chi connectivity index (χ3n) is 6.16. The molecule has 4 rings (SSSR count). The normalized spacial score (nSPS) is 25.5. The summed E-state index contributed by atoms with van der Waals surface area (Å²) in [5.74, 6) is -3.59. The summed E-state index contributed by atoms with van der Waals surface area (Å²) in [6, 6.07) is -0.367. The van der Waals surface area contributed by atoms with E-state index in [1.54, 1.807) is 12.3 Å². The Bertz CT molecular complexity index is 1050. The van der Waals surface area contributed by atoms with Crippen LogP contribution in [0.15, 0.2) is 16.0 Å². The van der Waals surface area contributed by atoms with Crippen molar-refractivity contribution in [3.63, 3.8) is 0 Å². The summed E-state index contributed by atoms with van der Waals surface area (Å²) < 4.78 is 0. The molecular formula is C20H24N5O6S2-.